The van der Waals surface area contributed by atoms with E-state index in [2.05, 4.69) is 4.98 Å². The van der Waals surface area contributed by atoms with Crippen molar-refractivity contribution in [1.82, 2.24) is 4.98 Å². The van der Waals surface area contributed by atoms with Crippen LogP contribution in [0.15, 0.2) is 18.2 Å². The van der Waals surface area contributed by atoms with Gasteiger partial charge in [-0.15, -0.1) is 0 Å². The highest BCUT2D eigenvalue weighted by Gasteiger charge is 2.35. The van der Waals surface area contributed by atoms with Crippen LogP contribution in [0.2, 0.25) is 0 Å². The molecule has 3 rings (SSSR count). The maximum atomic E-state index is 11.4. The molecule has 0 spiro atoms. The first-order chi connectivity index (χ1) is 9.65. The van der Waals surface area contributed by atoms with Crippen molar-refractivity contribution in [3.05, 3.63) is 29.5 Å². The zero-order valence-electron chi connectivity index (χ0n) is 11.8. The molecule has 1 aliphatic rings. The molecule has 1 aliphatic carbocycles. The third-order valence-corrected chi connectivity index (χ3v) is 4.47. The molecule has 106 valence electrons. The lowest BCUT2D eigenvalue weighted by atomic mass is 9.88. The van der Waals surface area contributed by atoms with Crippen molar-refractivity contribution in [3.63, 3.8) is 0 Å². The third kappa shape index (κ3) is 1.87. The van der Waals surface area contributed by atoms with Gasteiger partial charge in [-0.3, -0.25) is 4.79 Å². The standard InChI is InChI=1S/C16H19NO3/c1-3-10(16(18)19)11-5-6-12-13-8-9(20-2)4-7-14(13)17-15(11)12/h4,7-8,10-11,17H,3,5-6H2,1-2H3,(H,18,19). The summed E-state index contributed by atoms with van der Waals surface area (Å²) in [5.41, 5.74) is 3.45. The smallest absolute Gasteiger partial charge is 0.307 e. The van der Waals surface area contributed by atoms with Crippen LogP contribution >= 0.6 is 0 Å². The van der Waals surface area contributed by atoms with Crippen LogP contribution in [0.1, 0.15) is 36.9 Å². The lowest BCUT2D eigenvalue weighted by molar-refractivity contribution is -0.142. The summed E-state index contributed by atoms with van der Waals surface area (Å²) in [6.45, 7) is 1.95. The highest BCUT2D eigenvalue weighted by atomic mass is 16.5. The maximum absolute atomic E-state index is 11.4. The third-order valence-electron chi connectivity index (χ3n) is 4.47. The molecule has 0 radical (unpaired) electrons. The Bertz CT molecular complexity index is 659. The van der Waals surface area contributed by atoms with E-state index in [1.54, 1.807) is 7.11 Å². The number of fused-ring (bicyclic) bond motifs is 3. The van der Waals surface area contributed by atoms with E-state index < -0.39 is 5.97 Å². The predicted molar refractivity (Wildman–Crippen MR) is 77.3 cm³/mol. The Morgan fingerprint density at radius 1 is 1.55 bits per heavy atom. The molecule has 0 amide bonds. The van der Waals surface area contributed by atoms with Crippen LogP contribution in [0.25, 0.3) is 10.9 Å². The number of ether oxygens (including phenoxy) is 1. The minimum absolute atomic E-state index is 0.103. The molecular weight excluding hydrogens is 254 g/mol. The van der Waals surface area contributed by atoms with Crippen molar-refractivity contribution in [2.45, 2.75) is 32.1 Å². The van der Waals surface area contributed by atoms with Gasteiger partial charge in [-0.05, 0) is 43.0 Å². The predicted octanol–water partition coefficient (Wildman–Crippen LogP) is 3.32. The van der Waals surface area contributed by atoms with Gasteiger partial charge in [0.15, 0.2) is 0 Å². The Hall–Kier alpha value is -1.97. The molecule has 1 aromatic carbocycles. The first-order valence-electron chi connectivity index (χ1n) is 7.07. The summed E-state index contributed by atoms with van der Waals surface area (Å²) in [6.07, 6.45) is 2.52. The van der Waals surface area contributed by atoms with E-state index in [0.717, 1.165) is 29.8 Å². The molecule has 0 saturated heterocycles. The number of methoxy groups -OCH3 is 1. The van der Waals surface area contributed by atoms with E-state index in [9.17, 15) is 9.90 Å². The number of aromatic amines is 1. The van der Waals surface area contributed by atoms with E-state index in [-0.39, 0.29) is 11.8 Å². The number of hydrogen-bond acceptors (Lipinski definition) is 2. The van der Waals surface area contributed by atoms with Crippen LogP contribution in [0.3, 0.4) is 0 Å². The van der Waals surface area contributed by atoms with Crippen LogP contribution in [-0.4, -0.2) is 23.2 Å². The number of aliphatic carboxylic acids is 1. The minimum Gasteiger partial charge on any atom is -0.497 e. The number of aromatic nitrogens is 1. The van der Waals surface area contributed by atoms with E-state index in [0.29, 0.717) is 6.42 Å². The first-order valence-corrected chi connectivity index (χ1v) is 7.07. The number of benzene rings is 1. The van der Waals surface area contributed by atoms with Gasteiger partial charge >= 0.3 is 5.97 Å². The monoisotopic (exact) mass is 273 g/mol. The van der Waals surface area contributed by atoms with Gasteiger partial charge in [-0.1, -0.05) is 6.92 Å². The van der Waals surface area contributed by atoms with Gasteiger partial charge in [-0.25, -0.2) is 0 Å². The number of carboxylic acids is 1. The van der Waals surface area contributed by atoms with E-state index >= 15 is 0 Å². The Balaban J connectivity index is 2.08. The summed E-state index contributed by atoms with van der Waals surface area (Å²) in [6, 6.07) is 5.97. The van der Waals surface area contributed by atoms with Crippen LogP contribution in [0, 0.1) is 5.92 Å². The first kappa shape index (κ1) is 13.0. The molecule has 1 heterocycles. The molecule has 0 fully saturated rings. The maximum Gasteiger partial charge on any atom is 0.307 e. The zero-order chi connectivity index (χ0) is 14.3. The van der Waals surface area contributed by atoms with Crippen molar-refractivity contribution >= 4 is 16.9 Å². The molecule has 0 aliphatic heterocycles. The Morgan fingerprint density at radius 2 is 2.35 bits per heavy atom. The second-order valence-electron chi connectivity index (χ2n) is 5.43. The molecule has 0 saturated carbocycles. The second-order valence-corrected chi connectivity index (χ2v) is 5.43. The summed E-state index contributed by atoms with van der Waals surface area (Å²) in [5, 5.41) is 10.6. The normalized spacial score (nSPS) is 19.0. The van der Waals surface area contributed by atoms with E-state index in [1.807, 2.05) is 25.1 Å². The number of hydrogen-bond donors (Lipinski definition) is 2. The SMILES string of the molecule is CCC(C(=O)O)C1CCc2c1[nH]c1ccc(OC)cc21. The van der Waals surface area contributed by atoms with Crippen LogP contribution < -0.4 is 4.74 Å². The van der Waals surface area contributed by atoms with Crippen molar-refractivity contribution in [1.29, 1.82) is 0 Å². The molecular formula is C16H19NO3. The molecule has 2 N–H and O–H groups in total. The Kier molecular flexibility index (Phi) is 3.16. The van der Waals surface area contributed by atoms with Gasteiger partial charge in [0.25, 0.3) is 0 Å². The number of aryl methyl sites for hydroxylation is 1. The zero-order valence-corrected chi connectivity index (χ0v) is 11.8. The number of H-pyrrole nitrogens is 1. The molecule has 2 aromatic rings. The fraction of sp³-hybridized carbons (Fsp3) is 0.438. The summed E-state index contributed by atoms with van der Waals surface area (Å²) in [5.74, 6) is -0.0493. The Morgan fingerprint density at radius 3 is 3.00 bits per heavy atom. The molecule has 4 nitrogen and oxygen atoms in total. The van der Waals surface area contributed by atoms with Crippen molar-refractivity contribution in [3.8, 4) is 5.75 Å². The molecule has 0 bridgehead atoms. The fourth-order valence-electron chi connectivity index (χ4n) is 3.44. The molecule has 2 atom stereocenters. The van der Waals surface area contributed by atoms with Gasteiger partial charge in [-0.2, -0.15) is 0 Å². The number of carboxylic acid groups (broad SMARTS) is 1. The van der Waals surface area contributed by atoms with Crippen LogP contribution in [-0.2, 0) is 11.2 Å². The van der Waals surface area contributed by atoms with E-state index in [1.165, 1.54) is 10.9 Å². The van der Waals surface area contributed by atoms with Crippen LogP contribution in [0.4, 0.5) is 0 Å². The van der Waals surface area contributed by atoms with Gasteiger partial charge in [0.05, 0.1) is 13.0 Å². The van der Waals surface area contributed by atoms with Crippen LogP contribution in [0.5, 0.6) is 5.75 Å². The van der Waals surface area contributed by atoms with Crippen molar-refractivity contribution in [2.75, 3.05) is 7.11 Å². The molecule has 2 unspecified atom stereocenters. The van der Waals surface area contributed by atoms with Gasteiger partial charge in [0.2, 0.25) is 0 Å². The number of rotatable bonds is 4. The fourth-order valence-corrected chi connectivity index (χ4v) is 3.44. The Labute approximate surface area is 117 Å². The quantitative estimate of drug-likeness (QED) is 0.898. The highest BCUT2D eigenvalue weighted by molar-refractivity contribution is 5.87. The topological polar surface area (TPSA) is 62.3 Å². The minimum atomic E-state index is -0.693. The molecule has 1 aromatic heterocycles. The summed E-state index contributed by atoms with van der Waals surface area (Å²) in [7, 11) is 1.66. The summed E-state index contributed by atoms with van der Waals surface area (Å²) in [4.78, 5) is 14.8. The molecule has 20 heavy (non-hydrogen) atoms. The van der Waals surface area contributed by atoms with E-state index in [4.69, 9.17) is 4.74 Å². The summed E-state index contributed by atoms with van der Waals surface area (Å²) < 4.78 is 5.28. The highest BCUT2D eigenvalue weighted by Crippen LogP contribution is 2.43. The van der Waals surface area contributed by atoms with Gasteiger partial charge in [0.1, 0.15) is 5.75 Å². The number of carbonyl (C=O) groups is 1. The average molecular weight is 273 g/mol. The van der Waals surface area contributed by atoms with Crippen molar-refractivity contribution in [2.24, 2.45) is 5.92 Å². The lowest BCUT2D eigenvalue weighted by Gasteiger charge is -2.17. The summed E-state index contributed by atoms with van der Waals surface area (Å²) >= 11 is 0. The number of nitrogens with one attached hydrogen (secondary N) is 1. The van der Waals surface area contributed by atoms with Crippen molar-refractivity contribution < 1.29 is 14.6 Å². The largest absolute Gasteiger partial charge is 0.497 e. The van der Waals surface area contributed by atoms with Gasteiger partial charge < -0.3 is 14.8 Å². The second kappa shape index (κ2) is 4.85. The lowest BCUT2D eigenvalue weighted by Crippen LogP contribution is -2.20. The molecule has 4 heteroatoms. The van der Waals surface area contributed by atoms with Gasteiger partial charge in [0, 0.05) is 22.5 Å². The average Bonchev–Trinajstić information content (AvgIpc) is 2.98.